The molecule has 1 N–H and O–H groups in total. The summed E-state index contributed by atoms with van der Waals surface area (Å²) in [5.41, 5.74) is 0.820. The van der Waals surface area contributed by atoms with Gasteiger partial charge in [-0.25, -0.2) is 0 Å². The van der Waals surface area contributed by atoms with Crippen molar-refractivity contribution >= 4 is 19.0 Å². The van der Waals surface area contributed by atoms with E-state index in [-0.39, 0.29) is 18.8 Å². The molecule has 1 aromatic carbocycles. The van der Waals surface area contributed by atoms with Crippen LogP contribution in [0.25, 0.3) is 6.08 Å². The lowest BCUT2D eigenvalue weighted by molar-refractivity contribution is 0.00578. The van der Waals surface area contributed by atoms with E-state index in [4.69, 9.17) is 14.6 Å². The van der Waals surface area contributed by atoms with Gasteiger partial charge in [-0.2, -0.15) is 5.26 Å². The second-order valence-electron chi connectivity index (χ2n) is 6.85. The average Bonchev–Trinajstić information content (AvgIpc) is 2.73. The van der Waals surface area contributed by atoms with Gasteiger partial charge >= 0.3 is 7.12 Å². The second kappa shape index (κ2) is 6.90. The van der Waals surface area contributed by atoms with Crippen molar-refractivity contribution < 1.29 is 19.2 Å². The number of rotatable bonds is 5. The summed E-state index contributed by atoms with van der Waals surface area (Å²) in [6.07, 6.45) is 1.60. The highest BCUT2D eigenvalue weighted by Crippen LogP contribution is 2.38. The number of nitriles is 1. The quantitative estimate of drug-likeness (QED) is 0.664. The Kier molecular flexibility index (Phi) is 5.29. The van der Waals surface area contributed by atoms with Gasteiger partial charge in [-0.3, -0.25) is 4.79 Å². The standard InChI is InChI=1S/C18H22BNO4/c1-17(2)18(3,4)24-19(23-17)15(12-21)11-13-6-5-7-14(10-13)16(22)8-9-20/h5-7,10-11,21H,8,12H2,1-4H3. The van der Waals surface area contributed by atoms with Crippen molar-refractivity contribution in [1.29, 1.82) is 5.26 Å². The summed E-state index contributed by atoms with van der Waals surface area (Å²) in [4.78, 5) is 11.8. The number of carbonyl (C=O) groups excluding carboxylic acids is 1. The second-order valence-corrected chi connectivity index (χ2v) is 6.85. The zero-order chi connectivity index (χ0) is 18.0. The van der Waals surface area contributed by atoms with E-state index >= 15 is 0 Å². The number of nitrogens with zero attached hydrogens (tertiary/aromatic N) is 1. The van der Waals surface area contributed by atoms with Crippen LogP contribution >= 0.6 is 0 Å². The number of aliphatic hydroxyl groups is 1. The van der Waals surface area contributed by atoms with Gasteiger partial charge in [0.2, 0.25) is 0 Å². The van der Waals surface area contributed by atoms with Crippen molar-refractivity contribution in [1.82, 2.24) is 0 Å². The van der Waals surface area contributed by atoms with Gasteiger partial charge in [-0.1, -0.05) is 24.3 Å². The van der Waals surface area contributed by atoms with E-state index in [0.29, 0.717) is 11.0 Å². The molecule has 0 unspecified atom stereocenters. The monoisotopic (exact) mass is 327 g/mol. The zero-order valence-electron chi connectivity index (χ0n) is 14.5. The molecule has 126 valence electrons. The Balaban J connectivity index is 2.28. The maximum Gasteiger partial charge on any atom is 0.492 e. The molecule has 0 aromatic heterocycles. The minimum Gasteiger partial charge on any atom is -0.400 e. The molecule has 0 atom stereocenters. The molecule has 0 amide bonds. The number of hydrogen-bond acceptors (Lipinski definition) is 5. The minimum atomic E-state index is -0.640. The molecule has 0 saturated carbocycles. The predicted octanol–water partition coefficient (Wildman–Crippen LogP) is 2.79. The van der Waals surface area contributed by atoms with Crippen LogP contribution in [-0.4, -0.2) is 35.8 Å². The number of carbonyl (C=O) groups is 1. The number of Topliss-reactive ketones (excluding diaryl/α,β-unsaturated/α-hetero) is 1. The van der Waals surface area contributed by atoms with Gasteiger partial charge in [0.15, 0.2) is 5.78 Å². The number of hydrogen-bond donors (Lipinski definition) is 1. The van der Waals surface area contributed by atoms with Crippen molar-refractivity contribution in [2.75, 3.05) is 6.61 Å². The first-order chi connectivity index (χ1) is 11.2. The van der Waals surface area contributed by atoms with Gasteiger partial charge < -0.3 is 14.4 Å². The van der Waals surface area contributed by atoms with Crippen molar-refractivity contribution in [3.05, 3.63) is 40.9 Å². The van der Waals surface area contributed by atoms with E-state index in [1.807, 2.05) is 39.8 Å². The molecule has 0 radical (unpaired) electrons. The minimum absolute atomic E-state index is 0.156. The van der Waals surface area contributed by atoms with Crippen LogP contribution < -0.4 is 0 Å². The van der Waals surface area contributed by atoms with E-state index in [0.717, 1.165) is 5.56 Å². The molecule has 24 heavy (non-hydrogen) atoms. The zero-order valence-corrected chi connectivity index (χ0v) is 14.5. The summed E-state index contributed by atoms with van der Waals surface area (Å²) in [6, 6.07) is 8.79. The van der Waals surface area contributed by atoms with E-state index in [1.165, 1.54) is 0 Å². The third-order valence-corrected chi connectivity index (χ3v) is 4.54. The lowest BCUT2D eigenvalue weighted by Crippen LogP contribution is -2.41. The Hall–Kier alpha value is -1.94. The molecule has 1 fully saturated rings. The van der Waals surface area contributed by atoms with Gasteiger partial charge in [-0.15, -0.1) is 0 Å². The van der Waals surface area contributed by atoms with Crippen LogP contribution in [0.15, 0.2) is 29.7 Å². The molecule has 1 aliphatic rings. The van der Waals surface area contributed by atoms with Gasteiger partial charge in [-0.05, 0) is 44.8 Å². The molecule has 5 nitrogen and oxygen atoms in total. The van der Waals surface area contributed by atoms with Gasteiger partial charge in [0.1, 0.15) is 0 Å². The van der Waals surface area contributed by atoms with Crippen molar-refractivity contribution in [2.45, 2.75) is 45.3 Å². The van der Waals surface area contributed by atoms with E-state index in [2.05, 4.69) is 0 Å². The van der Waals surface area contributed by atoms with Crippen LogP contribution in [0.5, 0.6) is 0 Å². The number of ketones is 1. The topological polar surface area (TPSA) is 79.6 Å². The first kappa shape index (κ1) is 18.4. The lowest BCUT2D eigenvalue weighted by atomic mass is 9.77. The summed E-state index contributed by atoms with van der Waals surface area (Å²) < 4.78 is 11.9. The van der Waals surface area contributed by atoms with Crippen LogP contribution in [0.4, 0.5) is 0 Å². The fourth-order valence-corrected chi connectivity index (χ4v) is 2.37. The maximum atomic E-state index is 11.8. The Morgan fingerprint density at radius 3 is 2.46 bits per heavy atom. The highest BCUT2D eigenvalue weighted by molar-refractivity contribution is 6.55. The lowest BCUT2D eigenvalue weighted by Gasteiger charge is -2.32. The van der Waals surface area contributed by atoms with Crippen LogP contribution in [-0.2, 0) is 9.31 Å². The Bertz CT molecular complexity index is 687. The largest absolute Gasteiger partial charge is 0.492 e. The molecule has 1 aliphatic heterocycles. The Morgan fingerprint density at radius 2 is 1.92 bits per heavy atom. The Labute approximate surface area is 143 Å². The van der Waals surface area contributed by atoms with Crippen LogP contribution in [0, 0.1) is 11.3 Å². The molecule has 0 bridgehead atoms. The summed E-state index contributed by atoms with van der Waals surface area (Å²) in [5, 5.41) is 18.4. The molecule has 1 saturated heterocycles. The molecule has 2 rings (SSSR count). The Morgan fingerprint density at radius 1 is 1.29 bits per heavy atom. The summed E-state index contributed by atoms with van der Waals surface area (Å²) >= 11 is 0. The van der Waals surface area contributed by atoms with Crippen LogP contribution in [0.1, 0.15) is 50.0 Å². The van der Waals surface area contributed by atoms with Gasteiger partial charge in [0.25, 0.3) is 0 Å². The van der Waals surface area contributed by atoms with Crippen LogP contribution in [0.2, 0.25) is 0 Å². The third-order valence-electron chi connectivity index (χ3n) is 4.54. The van der Waals surface area contributed by atoms with Crippen molar-refractivity contribution in [3.8, 4) is 6.07 Å². The third kappa shape index (κ3) is 3.76. The summed E-state index contributed by atoms with van der Waals surface area (Å²) in [6.45, 7) is 7.58. The number of benzene rings is 1. The van der Waals surface area contributed by atoms with Gasteiger partial charge in [0, 0.05) is 5.56 Å². The number of aliphatic hydroxyl groups excluding tert-OH is 1. The molecular weight excluding hydrogens is 305 g/mol. The summed E-state index contributed by atoms with van der Waals surface area (Å²) in [7, 11) is -0.640. The normalized spacial score (nSPS) is 19.2. The summed E-state index contributed by atoms with van der Waals surface area (Å²) in [5.74, 6) is -0.228. The highest BCUT2D eigenvalue weighted by atomic mass is 16.7. The maximum absolute atomic E-state index is 11.8. The average molecular weight is 327 g/mol. The van der Waals surface area contributed by atoms with Crippen LogP contribution in [0.3, 0.4) is 0 Å². The van der Waals surface area contributed by atoms with Crippen molar-refractivity contribution in [2.24, 2.45) is 0 Å². The highest BCUT2D eigenvalue weighted by Gasteiger charge is 2.52. The predicted molar refractivity (Wildman–Crippen MR) is 92.1 cm³/mol. The molecule has 0 spiro atoms. The smallest absolute Gasteiger partial charge is 0.400 e. The molecule has 6 heteroatoms. The molecule has 1 aromatic rings. The molecule has 0 aliphatic carbocycles. The van der Waals surface area contributed by atoms with E-state index in [1.54, 1.807) is 24.3 Å². The van der Waals surface area contributed by atoms with E-state index < -0.39 is 18.3 Å². The van der Waals surface area contributed by atoms with Crippen molar-refractivity contribution in [3.63, 3.8) is 0 Å². The van der Waals surface area contributed by atoms with E-state index in [9.17, 15) is 9.90 Å². The van der Waals surface area contributed by atoms with Gasteiger partial charge in [0.05, 0.1) is 30.3 Å². The fourth-order valence-electron chi connectivity index (χ4n) is 2.37. The first-order valence-corrected chi connectivity index (χ1v) is 7.87. The SMILES string of the molecule is CC1(C)OB(C(=Cc2cccc(C(=O)CC#N)c2)CO)OC1(C)C. The first-order valence-electron chi connectivity index (χ1n) is 7.87. The fraction of sp³-hybridized carbons (Fsp3) is 0.444. The molecular formula is C18H22BNO4. The molecule has 1 heterocycles.